The lowest BCUT2D eigenvalue weighted by molar-refractivity contribution is 0.0727. The van der Waals surface area contributed by atoms with Gasteiger partial charge in [0.15, 0.2) is 0 Å². The molecular formula is C13H14FNO3S. The first-order valence-electron chi connectivity index (χ1n) is 5.71. The van der Waals surface area contributed by atoms with Crippen molar-refractivity contribution in [3.05, 3.63) is 35.0 Å². The molecule has 1 amide bonds. The third-order valence-electron chi connectivity index (χ3n) is 2.82. The van der Waals surface area contributed by atoms with Crippen molar-refractivity contribution in [2.24, 2.45) is 0 Å². The predicted molar refractivity (Wildman–Crippen MR) is 71.8 cm³/mol. The van der Waals surface area contributed by atoms with Crippen molar-refractivity contribution in [2.75, 3.05) is 13.2 Å². The van der Waals surface area contributed by atoms with Crippen molar-refractivity contribution < 1.29 is 19.4 Å². The average molecular weight is 283 g/mol. The number of benzene rings is 1. The molecule has 1 aromatic carbocycles. The second-order valence-electron chi connectivity index (χ2n) is 4.62. The summed E-state index contributed by atoms with van der Waals surface area (Å²) in [4.78, 5) is 12.4. The topological polar surface area (TPSA) is 69.6 Å². The van der Waals surface area contributed by atoms with Crippen LogP contribution in [0.25, 0.3) is 10.1 Å². The largest absolute Gasteiger partial charge is 0.394 e. The molecular weight excluding hydrogens is 269 g/mol. The summed E-state index contributed by atoms with van der Waals surface area (Å²) < 4.78 is 13.9. The van der Waals surface area contributed by atoms with Gasteiger partial charge in [-0.15, -0.1) is 11.3 Å². The van der Waals surface area contributed by atoms with Crippen molar-refractivity contribution in [1.29, 1.82) is 0 Å². The van der Waals surface area contributed by atoms with Gasteiger partial charge in [0.25, 0.3) is 5.91 Å². The molecule has 0 bridgehead atoms. The first-order valence-corrected chi connectivity index (χ1v) is 6.52. The van der Waals surface area contributed by atoms with E-state index in [1.165, 1.54) is 30.4 Å². The van der Waals surface area contributed by atoms with Crippen LogP contribution in [0.2, 0.25) is 0 Å². The quantitative estimate of drug-likeness (QED) is 0.796. The molecule has 2 rings (SSSR count). The van der Waals surface area contributed by atoms with E-state index in [0.29, 0.717) is 10.3 Å². The van der Waals surface area contributed by atoms with Crippen LogP contribution < -0.4 is 5.32 Å². The number of hydrogen-bond acceptors (Lipinski definition) is 4. The normalized spacial score (nSPS) is 11.8. The number of nitrogens with one attached hydrogen (secondary N) is 1. The Balaban J connectivity index is 2.27. The molecule has 0 radical (unpaired) electrons. The maximum absolute atomic E-state index is 13.1. The van der Waals surface area contributed by atoms with E-state index in [-0.39, 0.29) is 19.0 Å². The van der Waals surface area contributed by atoms with Crippen LogP contribution in [-0.4, -0.2) is 34.9 Å². The van der Waals surface area contributed by atoms with E-state index in [0.717, 1.165) is 4.70 Å². The minimum Gasteiger partial charge on any atom is -0.394 e. The summed E-state index contributed by atoms with van der Waals surface area (Å²) in [7, 11) is 0. The summed E-state index contributed by atoms with van der Waals surface area (Å²) in [5, 5.41) is 21.5. The second-order valence-corrected chi connectivity index (χ2v) is 5.71. The predicted octanol–water partition coefficient (Wildman–Crippen LogP) is 1.51. The third kappa shape index (κ3) is 2.91. The Labute approximate surface area is 113 Å². The molecule has 19 heavy (non-hydrogen) atoms. The van der Waals surface area contributed by atoms with E-state index in [1.807, 2.05) is 0 Å². The Morgan fingerprint density at radius 1 is 1.37 bits per heavy atom. The van der Waals surface area contributed by atoms with Gasteiger partial charge in [-0.25, -0.2) is 4.39 Å². The number of amides is 1. The molecule has 0 spiro atoms. The second kappa shape index (κ2) is 5.24. The number of carbonyl (C=O) groups excluding carboxylic acids is 1. The Kier molecular flexibility index (Phi) is 3.84. The number of fused-ring (bicyclic) bond motifs is 1. The molecule has 0 atom stereocenters. The van der Waals surface area contributed by atoms with Gasteiger partial charge < -0.3 is 15.5 Å². The van der Waals surface area contributed by atoms with Crippen molar-refractivity contribution in [3.63, 3.8) is 0 Å². The highest BCUT2D eigenvalue weighted by Gasteiger charge is 2.25. The Bertz CT molecular complexity index is 607. The Hall–Kier alpha value is -1.50. The van der Waals surface area contributed by atoms with Gasteiger partial charge in [0.05, 0.1) is 23.6 Å². The summed E-state index contributed by atoms with van der Waals surface area (Å²) in [5.74, 6) is -0.750. The monoisotopic (exact) mass is 283 g/mol. The smallest absolute Gasteiger partial charge is 0.261 e. The van der Waals surface area contributed by atoms with Gasteiger partial charge in [-0.05, 0) is 36.6 Å². The van der Waals surface area contributed by atoms with E-state index in [2.05, 4.69) is 5.32 Å². The zero-order chi connectivity index (χ0) is 14.0. The van der Waals surface area contributed by atoms with Gasteiger partial charge in [-0.2, -0.15) is 0 Å². The molecule has 0 saturated carbocycles. The van der Waals surface area contributed by atoms with Gasteiger partial charge in [0, 0.05) is 4.70 Å². The van der Waals surface area contributed by atoms with Crippen LogP contribution in [0.1, 0.15) is 16.6 Å². The fraction of sp³-hybridized carbons (Fsp3) is 0.308. The van der Waals surface area contributed by atoms with Crippen LogP contribution in [0.3, 0.4) is 0 Å². The van der Waals surface area contributed by atoms with E-state index in [4.69, 9.17) is 10.2 Å². The third-order valence-corrected chi connectivity index (χ3v) is 3.93. The van der Waals surface area contributed by atoms with E-state index in [9.17, 15) is 9.18 Å². The fourth-order valence-electron chi connectivity index (χ4n) is 1.59. The number of thiophene rings is 1. The van der Waals surface area contributed by atoms with Crippen molar-refractivity contribution >= 4 is 27.3 Å². The number of hydrogen-bond donors (Lipinski definition) is 3. The van der Waals surface area contributed by atoms with Gasteiger partial charge >= 0.3 is 0 Å². The summed E-state index contributed by atoms with van der Waals surface area (Å²) >= 11 is 1.23. The van der Waals surface area contributed by atoms with Crippen LogP contribution in [-0.2, 0) is 0 Å². The highest BCUT2D eigenvalue weighted by Crippen LogP contribution is 2.26. The van der Waals surface area contributed by atoms with E-state index in [1.54, 1.807) is 12.1 Å². The summed E-state index contributed by atoms with van der Waals surface area (Å²) in [6.07, 6.45) is 0. The van der Waals surface area contributed by atoms with Crippen LogP contribution in [0, 0.1) is 5.82 Å². The lowest BCUT2D eigenvalue weighted by atomic mass is 10.1. The van der Waals surface area contributed by atoms with Gasteiger partial charge in [0.2, 0.25) is 0 Å². The van der Waals surface area contributed by atoms with Gasteiger partial charge in [0.1, 0.15) is 5.82 Å². The lowest BCUT2D eigenvalue weighted by Crippen LogP contribution is -2.51. The van der Waals surface area contributed by atoms with Gasteiger partial charge in [-0.1, -0.05) is 0 Å². The number of aliphatic hydroxyl groups excluding tert-OH is 2. The summed E-state index contributed by atoms with van der Waals surface area (Å²) in [5.41, 5.74) is -1.07. The van der Waals surface area contributed by atoms with Crippen LogP contribution >= 0.6 is 11.3 Å². The highest BCUT2D eigenvalue weighted by atomic mass is 32.1. The number of rotatable bonds is 4. The minimum atomic E-state index is -1.07. The SMILES string of the molecule is CC(CO)(CO)NC(=O)c1cc2cc(F)ccc2s1. The molecule has 0 aliphatic rings. The minimum absolute atomic E-state index is 0.354. The lowest BCUT2D eigenvalue weighted by Gasteiger charge is -2.25. The van der Waals surface area contributed by atoms with Gasteiger partial charge in [-0.3, -0.25) is 4.79 Å². The molecule has 0 aliphatic carbocycles. The van der Waals surface area contributed by atoms with Crippen molar-refractivity contribution in [1.82, 2.24) is 5.32 Å². The molecule has 0 fully saturated rings. The first kappa shape index (κ1) is 13.9. The van der Waals surface area contributed by atoms with Crippen molar-refractivity contribution in [3.8, 4) is 0 Å². The molecule has 102 valence electrons. The zero-order valence-electron chi connectivity index (χ0n) is 10.3. The molecule has 6 heteroatoms. The molecule has 2 aromatic rings. The first-order chi connectivity index (χ1) is 8.97. The molecule has 0 saturated heterocycles. The maximum Gasteiger partial charge on any atom is 0.261 e. The molecule has 0 unspecified atom stereocenters. The van der Waals surface area contributed by atoms with Crippen LogP contribution in [0.15, 0.2) is 24.3 Å². The number of aliphatic hydroxyl groups is 2. The van der Waals surface area contributed by atoms with Crippen molar-refractivity contribution in [2.45, 2.75) is 12.5 Å². The Morgan fingerprint density at radius 2 is 2.05 bits per heavy atom. The standard InChI is InChI=1S/C13H14FNO3S/c1-13(6-16,7-17)15-12(18)11-5-8-4-9(14)2-3-10(8)19-11/h2-5,16-17H,6-7H2,1H3,(H,15,18). The van der Waals surface area contributed by atoms with Crippen LogP contribution in [0.4, 0.5) is 4.39 Å². The molecule has 1 aromatic heterocycles. The fourth-order valence-corrected chi connectivity index (χ4v) is 2.53. The van der Waals surface area contributed by atoms with Crippen LogP contribution in [0.5, 0.6) is 0 Å². The summed E-state index contributed by atoms with van der Waals surface area (Å²) in [6.45, 7) is 0.807. The number of halogens is 1. The van der Waals surface area contributed by atoms with E-state index >= 15 is 0 Å². The molecule has 1 heterocycles. The molecule has 4 nitrogen and oxygen atoms in total. The zero-order valence-corrected chi connectivity index (χ0v) is 11.1. The molecule has 3 N–H and O–H groups in total. The maximum atomic E-state index is 13.1. The Morgan fingerprint density at radius 3 is 2.68 bits per heavy atom. The van der Waals surface area contributed by atoms with E-state index < -0.39 is 11.4 Å². The number of carbonyl (C=O) groups is 1. The highest BCUT2D eigenvalue weighted by molar-refractivity contribution is 7.20. The molecule has 0 aliphatic heterocycles. The average Bonchev–Trinajstić information content (AvgIpc) is 2.81. The summed E-state index contributed by atoms with van der Waals surface area (Å²) in [6, 6.07) is 5.91.